The fourth-order valence-corrected chi connectivity index (χ4v) is 2.02. The molecule has 0 aliphatic rings. The third kappa shape index (κ3) is 4.63. The molecule has 0 atom stereocenters. The van der Waals surface area contributed by atoms with Crippen molar-refractivity contribution in [2.45, 2.75) is 13.2 Å². The first-order chi connectivity index (χ1) is 8.45. The Balaban J connectivity index is 1.61. The smallest absolute Gasteiger partial charge is 0.476 e. The van der Waals surface area contributed by atoms with Crippen molar-refractivity contribution in [1.29, 1.82) is 0 Å². The van der Waals surface area contributed by atoms with Crippen LogP contribution in [0.15, 0.2) is 48.8 Å². The van der Waals surface area contributed by atoms with E-state index in [-0.39, 0.29) is 0 Å². The Kier molecular flexibility index (Phi) is 5.14. The molecule has 17 heavy (non-hydrogen) atoms. The topological polar surface area (TPSA) is 44.2 Å². The Morgan fingerprint density at radius 2 is 1.35 bits per heavy atom. The van der Waals surface area contributed by atoms with Crippen molar-refractivity contribution in [2.24, 2.45) is 0 Å². The van der Waals surface area contributed by atoms with Crippen LogP contribution in [-0.2, 0) is 20.8 Å². The van der Waals surface area contributed by atoms with Gasteiger partial charge in [0.15, 0.2) is 0 Å². The molecule has 0 aliphatic carbocycles. The van der Waals surface area contributed by atoms with Gasteiger partial charge in [0.1, 0.15) is 0 Å². The molecule has 2 rings (SSSR count). The summed E-state index contributed by atoms with van der Waals surface area (Å²) >= 11 is -0.956. The van der Waals surface area contributed by atoms with Crippen molar-refractivity contribution in [3.8, 4) is 0 Å². The van der Waals surface area contributed by atoms with Gasteiger partial charge in [-0.1, -0.05) is 12.1 Å². The standard InChI is InChI=1S/2C6H6NO.Al.H/c2*8-5-6-3-1-2-4-7-6;;/h2*1-4H,5H2;;/q2*-1;+2;. The third-order valence-electron chi connectivity index (χ3n) is 2.12. The minimum atomic E-state index is -0.956. The van der Waals surface area contributed by atoms with Crippen molar-refractivity contribution in [2.75, 3.05) is 0 Å². The first-order valence-electron chi connectivity index (χ1n) is 5.40. The SMILES string of the molecule is c1ccc(C[O][AlH][O]Cc2ccccn2)nc1. The van der Waals surface area contributed by atoms with E-state index in [0.29, 0.717) is 13.2 Å². The van der Waals surface area contributed by atoms with E-state index in [1.54, 1.807) is 12.4 Å². The fraction of sp³-hybridized carbons (Fsp3) is 0.167. The van der Waals surface area contributed by atoms with Gasteiger partial charge in [0.05, 0.1) is 24.6 Å². The van der Waals surface area contributed by atoms with Gasteiger partial charge < -0.3 is 7.58 Å². The molecule has 0 spiro atoms. The van der Waals surface area contributed by atoms with E-state index in [1.165, 1.54) is 0 Å². The Morgan fingerprint density at radius 3 is 1.76 bits per heavy atom. The zero-order chi connectivity index (χ0) is 11.8. The maximum absolute atomic E-state index is 5.47. The molecule has 0 fully saturated rings. The van der Waals surface area contributed by atoms with E-state index in [9.17, 15) is 0 Å². The second kappa shape index (κ2) is 7.15. The van der Waals surface area contributed by atoms with Crippen molar-refractivity contribution in [3.05, 3.63) is 60.2 Å². The first-order valence-corrected chi connectivity index (χ1v) is 6.56. The minimum Gasteiger partial charge on any atom is -0.476 e. The lowest BCUT2D eigenvalue weighted by atomic mass is 10.4. The number of rotatable bonds is 6. The van der Waals surface area contributed by atoms with Crippen molar-refractivity contribution in [3.63, 3.8) is 0 Å². The molecule has 2 aromatic rings. The van der Waals surface area contributed by atoms with Gasteiger partial charge in [-0.25, -0.2) is 0 Å². The molecule has 5 heteroatoms. The maximum Gasteiger partial charge on any atom is 0.650 e. The summed E-state index contributed by atoms with van der Waals surface area (Å²) in [7, 11) is 0. The van der Waals surface area contributed by atoms with Gasteiger partial charge in [0, 0.05) is 12.4 Å². The quantitative estimate of drug-likeness (QED) is 0.570. The molecule has 2 aromatic heterocycles. The Bertz CT molecular complexity index is 384. The molecular formula is C12H13AlN2O2. The van der Waals surface area contributed by atoms with E-state index >= 15 is 0 Å². The van der Waals surface area contributed by atoms with Crippen LogP contribution >= 0.6 is 0 Å². The first kappa shape index (κ1) is 12.2. The Hall–Kier alpha value is -1.25. The number of hydrogen-bond donors (Lipinski definition) is 0. The summed E-state index contributed by atoms with van der Waals surface area (Å²) in [5.74, 6) is 0. The predicted molar refractivity (Wildman–Crippen MR) is 65.2 cm³/mol. The summed E-state index contributed by atoms with van der Waals surface area (Å²) in [5.41, 5.74) is 1.86. The summed E-state index contributed by atoms with van der Waals surface area (Å²) in [6.45, 7) is 1.05. The fourth-order valence-electron chi connectivity index (χ4n) is 1.32. The summed E-state index contributed by atoms with van der Waals surface area (Å²) in [6, 6.07) is 11.5. The van der Waals surface area contributed by atoms with Crippen LogP contribution in [0.2, 0.25) is 0 Å². The average molecular weight is 244 g/mol. The lowest BCUT2D eigenvalue weighted by molar-refractivity contribution is 0.203. The van der Waals surface area contributed by atoms with Gasteiger partial charge in [-0.05, 0) is 24.3 Å². The number of nitrogens with zero attached hydrogens (tertiary/aromatic N) is 2. The van der Waals surface area contributed by atoms with Gasteiger partial charge in [0.2, 0.25) is 0 Å². The molecular weight excluding hydrogens is 231 g/mol. The highest BCUT2D eigenvalue weighted by Gasteiger charge is 2.00. The van der Waals surface area contributed by atoms with Gasteiger partial charge in [0.25, 0.3) is 0 Å². The highest BCUT2D eigenvalue weighted by Crippen LogP contribution is 1.97. The van der Waals surface area contributed by atoms with E-state index in [2.05, 4.69) is 9.97 Å². The van der Waals surface area contributed by atoms with Crippen LogP contribution in [0.4, 0.5) is 0 Å². The van der Waals surface area contributed by atoms with Gasteiger partial charge in [-0.3, -0.25) is 9.97 Å². The third-order valence-corrected chi connectivity index (χ3v) is 2.86. The zero-order valence-electron chi connectivity index (χ0n) is 9.45. The zero-order valence-corrected chi connectivity index (χ0v) is 10.9. The van der Waals surface area contributed by atoms with Crippen LogP contribution in [0.25, 0.3) is 0 Å². The number of pyridine rings is 2. The molecule has 0 bridgehead atoms. The maximum atomic E-state index is 5.47. The summed E-state index contributed by atoms with van der Waals surface area (Å²) in [6.07, 6.45) is 3.52. The second-order valence-electron chi connectivity index (χ2n) is 3.46. The summed E-state index contributed by atoms with van der Waals surface area (Å²) in [4.78, 5) is 8.33. The van der Waals surface area contributed by atoms with Crippen LogP contribution in [0.5, 0.6) is 0 Å². The van der Waals surface area contributed by atoms with Gasteiger partial charge in [-0.15, -0.1) is 0 Å². The van der Waals surface area contributed by atoms with Crippen LogP contribution in [-0.4, -0.2) is 25.9 Å². The van der Waals surface area contributed by atoms with Crippen molar-refractivity contribution >= 4 is 15.9 Å². The van der Waals surface area contributed by atoms with Crippen LogP contribution in [0.1, 0.15) is 11.4 Å². The molecule has 0 saturated heterocycles. The Labute approximate surface area is 107 Å². The van der Waals surface area contributed by atoms with E-state index in [4.69, 9.17) is 7.58 Å². The molecule has 2 heterocycles. The number of aromatic nitrogens is 2. The summed E-state index contributed by atoms with van der Waals surface area (Å²) in [5, 5.41) is 0. The summed E-state index contributed by atoms with van der Waals surface area (Å²) < 4.78 is 10.9. The molecule has 0 radical (unpaired) electrons. The molecule has 0 aromatic carbocycles. The predicted octanol–water partition coefficient (Wildman–Crippen LogP) is 1.48. The number of hydrogen-bond acceptors (Lipinski definition) is 4. The van der Waals surface area contributed by atoms with E-state index < -0.39 is 15.9 Å². The van der Waals surface area contributed by atoms with Crippen molar-refractivity contribution < 1.29 is 7.58 Å². The molecule has 0 amide bonds. The molecule has 0 unspecified atom stereocenters. The van der Waals surface area contributed by atoms with Gasteiger partial charge in [-0.2, -0.15) is 0 Å². The normalized spacial score (nSPS) is 10.1. The van der Waals surface area contributed by atoms with Crippen LogP contribution in [0, 0.1) is 0 Å². The monoisotopic (exact) mass is 244 g/mol. The van der Waals surface area contributed by atoms with E-state index in [0.717, 1.165) is 11.4 Å². The van der Waals surface area contributed by atoms with Crippen molar-refractivity contribution in [1.82, 2.24) is 9.97 Å². The largest absolute Gasteiger partial charge is 0.650 e. The van der Waals surface area contributed by atoms with E-state index in [1.807, 2.05) is 36.4 Å². The second-order valence-corrected chi connectivity index (χ2v) is 4.51. The molecule has 0 aliphatic heterocycles. The highest BCUT2D eigenvalue weighted by atomic mass is 27.2. The molecule has 86 valence electrons. The highest BCUT2D eigenvalue weighted by molar-refractivity contribution is 6.17. The van der Waals surface area contributed by atoms with Crippen LogP contribution in [0.3, 0.4) is 0 Å². The molecule has 0 saturated carbocycles. The molecule has 4 nitrogen and oxygen atoms in total. The lowest BCUT2D eigenvalue weighted by Crippen LogP contribution is -2.06. The minimum absolute atomic E-state index is 0.523. The van der Waals surface area contributed by atoms with Crippen LogP contribution < -0.4 is 0 Å². The molecule has 0 N–H and O–H groups in total. The average Bonchev–Trinajstić information content (AvgIpc) is 2.41. The Morgan fingerprint density at radius 1 is 0.824 bits per heavy atom. The van der Waals surface area contributed by atoms with Gasteiger partial charge >= 0.3 is 15.9 Å². The lowest BCUT2D eigenvalue weighted by Gasteiger charge is -2.04.